The Labute approximate surface area is 149 Å². The first-order valence-corrected chi connectivity index (χ1v) is 9.37. The molecule has 0 unspecified atom stereocenters. The van der Waals surface area contributed by atoms with E-state index in [4.69, 9.17) is 4.98 Å². The van der Waals surface area contributed by atoms with Crippen molar-refractivity contribution in [3.8, 4) is 0 Å². The molecule has 1 saturated heterocycles. The second kappa shape index (κ2) is 6.51. The van der Waals surface area contributed by atoms with Crippen molar-refractivity contribution >= 4 is 28.7 Å². The van der Waals surface area contributed by atoms with E-state index in [-0.39, 0.29) is 11.9 Å². The van der Waals surface area contributed by atoms with Crippen LogP contribution in [0.1, 0.15) is 36.1 Å². The average molecular weight is 356 g/mol. The fourth-order valence-corrected chi connectivity index (χ4v) is 4.03. The number of rotatable bonds is 4. The van der Waals surface area contributed by atoms with E-state index < -0.39 is 0 Å². The largest absolute Gasteiger partial charge is 0.340 e. The minimum absolute atomic E-state index is 0.0220. The number of likely N-dealkylation sites (tertiary alicyclic amines) is 1. The predicted molar refractivity (Wildman–Crippen MR) is 96.4 cm³/mol. The lowest BCUT2D eigenvalue weighted by Crippen LogP contribution is -2.32. The Balaban J connectivity index is 1.50. The number of aromatic amines is 2. The molecular formula is C17H20N6OS. The van der Waals surface area contributed by atoms with Crippen LogP contribution >= 0.6 is 11.8 Å². The standard InChI is InChI=1S/C17H20N6OS/c1-10-5-3-6-12-15(10)20-16(19-12)13-7-4-8-23(13)14(24)9-25-17-18-11(2)21-22-17/h3,5-6,13H,4,7-9H2,1-2H3,(H,19,20)(H,18,21,22)/t13-/m1/s1. The van der Waals surface area contributed by atoms with Crippen LogP contribution in [0, 0.1) is 13.8 Å². The minimum Gasteiger partial charge on any atom is -0.340 e. The highest BCUT2D eigenvalue weighted by atomic mass is 32.2. The molecule has 1 atom stereocenters. The monoisotopic (exact) mass is 356 g/mol. The van der Waals surface area contributed by atoms with Gasteiger partial charge in [0.15, 0.2) is 0 Å². The molecule has 1 fully saturated rings. The lowest BCUT2D eigenvalue weighted by Gasteiger charge is -2.22. The number of fused-ring (bicyclic) bond motifs is 1. The van der Waals surface area contributed by atoms with Gasteiger partial charge in [0.05, 0.1) is 22.8 Å². The molecule has 0 radical (unpaired) electrons. The van der Waals surface area contributed by atoms with Crippen LogP contribution in [0.5, 0.6) is 0 Å². The van der Waals surface area contributed by atoms with Crippen molar-refractivity contribution < 1.29 is 4.79 Å². The van der Waals surface area contributed by atoms with Gasteiger partial charge in [0.1, 0.15) is 11.6 Å². The summed E-state index contributed by atoms with van der Waals surface area (Å²) in [5, 5.41) is 7.47. The van der Waals surface area contributed by atoms with Gasteiger partial charge in [-0.2, -0.15) is 0 Å². The molecular weight excluding hydrogens is 336 g/mol. The van der Waals surface area contributed by atoms with E-state index in [1.54, 1.807) is 0 Å². The van der Waals surface area contributed by atoms with E-state index in [0.717, 1.165) is 47.6 Å². The summed E-state index contributed by atoms with van der Waals surface area (Å²) in [6.45, 7) is 4.67. The molecule has 1 aromatic carbocycles. The lowest BCUT2D eigenvalue weighted by atomic mass is 10.2. The zero-order valence-electron chi connectivity index (χ0n) is 14.2. The number of imidazole rings is 1. The third-order valence-corrected chi connectivity index (χ3v) is 5.36. The van der Waals surface area contributed by atoms with Gasteiger partial charge in [-0.15, -0.1) is 5.10 Å². The summed E-state index contributed by atoms with van der Waals surface area (Å²) in [6.07, 6.45) is 1.94. The zero-order chi connectivity index (χ0) is 17.4. The molecule has 130 valence electrons. The molecule has 0 saturated carbocycles. The molecule has 2 aromatic heterocycles. The third kappa shape index (κ3) is 3.13. The number of benzene rings is 1. The fourth-order valence-electron chi connectivity index (χ4n) is 3.30. The number of aromatic nitrogens is 5. The van der Waals surface area contributed by atoms with Crippen molar-refractivity contribution in [3.63, 3.8) is 0 Å². The molecule has 0 aliphatic carbocycles. The Morgan fingerprint density at radius 2 is 2.24 bits per heavy atom. The molecule has 3 heterocycles. The van der Waals surface area contributed by atoms with E-state index in [9.17, 15) is 4.79 Å². The Bertz CT molecular complexity index is 917. The van der Waals surface area contributed by atoms with Gasteiger partial charge < -0.3 is 9.88 Å². The average Bonchev–Trinajstić information content (AvgIpc) is 3.31. The van der Waals surface area contributed by atoms with Crippen LogP contribution in [-0.2, 0) is 4.79 Å². The van der Waals surface area contributed by atoms with Crippen molar-refractivity contribution in [1.82, 2.24) is 30.0 Å². The molecule has 1 aliphatic heterocycles. The number of nitrogens with zero attached hydrogens (tertiary/aromatic N) is 4. The number of nitrogens with one attached hydrogen (secondary N) is 2. The van der Waals surface area contributed by atoms with Crippen molar-refractivity contribution in [1.29, 1.82) is 0 Å². The van der Waals surface area contributed by atoms with E-state index in [2.05, 4.69) is 33.2 Å². The maximum Gasteiger partial charge on any atom is 0.233 e. The van der Waals surface area contributed by atoms with Crippen LogP contribution in [0.15, 0.2) is 23.4 Å². The number of amides is 1. The summed E-state index contributed by atoms with van der Waals surface area (Å²) in [6, 6.07) is 6.13. The second-order valence-electron chi connectivity index (χ2n) is 6.33. The molecule has 1 amide bonds. The van der Waals surface area contributed by atoms with Gasteiger partial charge in [0, 0.05) is 6.54 Å². The van der Waals surface area contributed by atoms with Gasteiger partial charge in [-0.3, -0.25) is 9.89 Å². The molecule has 7 nitrogen and oxygen atoms in total. The SMILES string of the molecule is Cc1nc(SCC(=O)N2CCC[C@@H]2c2nc3c(C)cccc3[nH]2)n[nH]1. The van der Waals surface area contributed by atoms with Crippen LogP contribution in [0.2, 0.25) is 0 Å². The Hall–Kier alpha value is -2.35. The predicted octanol–water partition coefficient (Wildman–Crippen LogP) is 2.75. The summed E-state index contributed by atoms with van der Waals surface area (Å²) < 4.78 is 0. The Morgan fingerprint density at radius 3 is 3.00 bits per heavy atom. The number of H-pyrrole nitrogens is 2. The van der Waals surface area contributed by atoms with Crippen LogP contribution in [-0.4, -0.2) is 48.3 Å². The van der Waals surface area contributed by atoms with Gasteiger partial charge in [-0.25, -0.2) is 9.97 Å². The maximum absolute atomic E-state index is 12.7. The summed E-state index contributed by atoms with van der Waals surface area (Å²) in [5.74, 6) is 2.08. The fraction of sp³-hybridized carbons (Fsp3) is 0.412. The summed E-state index contributed by atoms with van der Waals surface area (Å²) in [7, 11) is 0. The van der Waals surface area contributed by atoms with Crippen molar-refractivity contribution in [2.24, 2.45) is 0 Å². The van der Waals surface area contributed by atoms with Gasteiger partial charge in [0.2, 0.25) is 11.1 Å². The molecule has 25 heavy (non-hydrogen) atoms. The van der Waals surface area contributed by atoms with Gasteiger partial charge >= 0.3 is 0 Å². The number of hydrogen-bond donors (Lipinski definition) is 2. The molecule has 1 aliphatic rings. The minimum atomic E-state index is 0.0220. The van der Waals surface area contributed by atoms with Crippen LogP contribution in [0.25, 0.3) is 11.0 Å². The van der Waals surface area contributed by atoms with Gasteiger partial charge in [-0.05, 0) is 38.3 Å². The van der Waals surface area contributed by atoms with Crippen molar-refractivity contribution in [2.45, 2.75) is 37.9 Å². The number of carbonyl (C=O) groups is 1. The zero-order valence-corrected chi connectivity index (χ0v) is 15.1. The third-order valence-electron chi connectivity index (χ3n) is 4.52. The number of thioether (sulfide) groups is 1. The molecule has 4 rings (SSSR count). The number of hydrogen-bond acceptors (Lipinski definition) is 5. The Morgan fingerprint density at radius 1 is 1.36 bits per heavy atom. The highest BCUT2D eigenvalue weighted by molar-refractivity contribution is 7.99. The van der Waals surface area contributed by atoms with Crippen molar-refractivity contribution in [2.75, 3.05) is 12.3 Å². The molecule has 0 spiro atoms. The molecule has 2 N–H and O–H groups in total. The second-order valence-corrected chi connectivity index (χ2v) is 7.27. The van der Waals surface area contributed by atoms with Crippen LogP contribution in [0.3, 0.4) is 0 Å². The van der Waals surface area contributed by atoms with E-state index in [0.29, 0.717) is 10.9 Å². The summed E-state index contributed by atoms with van der Waals surface area (Å²) >= 11 is 1.37. The lowest BCUT2D eigenvalue weighted by molar-refractivity contribution is -0.129. The Kier molecular flexibility index (Phi) is 4.20. The first-order chi connectivity index (χ1) is 12.1. The van der Waals surface area contributed by atoms with Crippen LogP contribution in [0.4, 0.5) is 0 Å². The van der Waals surface area contributed by atoms with Crippen LogP contribution < -0.4 is 0 Å². The van der Waals surface area contributed by atoms with E-state index in [1.807, 2.05) is 24.0 Å². The summed E-state index contributed by atoms with van der Waals surface area (Å²) in [4.78, 5) is 27.0. The molecule has 3 aromatic rings. The summed E-state index contributed by atoms with van der Waals surface area (Å²) in [5.41, 5.74) is 3.16. The maximum atomic E-state index is 12.7. The number of para-hydroxylation sites is 1. The highest BCUT2D eigenvalue weighted by Crippen LogP contribution is 2.32. The quantitative estimate of drug-likeness (QED) is 0.702. The van der Waals surface area contributed by atoms with Crippen molar-refractivity contribution in [3.05, 3.63) is 35.4 Å². The first kappa shape index (κ1) is 16.1. The van der Waals surface area contributed by atoms with Gasteiger partial charge in [0.25, 0.3) is 0 Å². The normalized spacial score (nSPS) is 17.5. The van der Waals surface area contributed by atoms with Gasteiger partial charge in [-0.1, -0.05) is 23.9 Å². The first-order valence-electron chi connectivity index (χ1n) is 8.38. The number of aryl methyl sites for hydroxylation is 2. The highest BCUT2D eigenvalue weighted by Gasteiger charge is 2.32. The van der Waals surface area contributed by atoms with E-state index >= 15 is 0 Å². The number of carbonyl (C=O) groups excluding carboxylic acids is 1. The van der Waals surface area contributed by atoms with E-state index in [1.165, 1.54) is 11.8 Å². The molecule has 0 bridgehead atoms. The smallest absolute Gasteiger partial charge is 0.233 e. The molecule has 8 heteroatoms. The topological polar surface area (TPSA) is 90.6 Å².